The number of rotatable bonds is 9. The number of hydrogen-bond donors (Lipinski definition) is 6. The molecule has 1 fully saturated rings. The van der Waals surface area contributed by atoms with Crippen molar-refractivity contribution < 1.29 is 39.7 Å². The van der Waals surface area contributed by atoms with Crippen molar-refractivity contribution in [1.29, 1.82) is 0 Å². The number of aliphatic hydroxyl groups excluding tert-OH is 4. The van der Waals surface area contributed by atoms with Gasteiger partial charge in [0.15, 0.2) is 6.29 Å². The van der Waals surface area contributed by atoms with Gasteiger partial charge in [-0.25, -0.2) is 9.55 Å². The predicted molar refractivity (Wildman–Crippen MR) is 113 cm³/mol. The summed E-state index contributed by atoms with van der Waals surface area (Å²) in [5.41, 5.74) is 0. The fourth-order valence-corrected chi connectivity index (χ4v) is 4.03. The molecule has 186 valence electrons. The minimum Gasteiger partial charge on any atom is -0.394 e. The third-order valence-corrected chi connectivity index (χ3v) is 5.88. The molecule has 0 radical (unpaired) electrons. The van der Waals surface area contributed by atoms with Crippen LogP contribution in [-0.4, -0.2) is 94.2 Å². The van der Waals surface area contributed by atoms with E-state index in [4.69, 9.17) is 9.84 Å². The van der Waals surface area contributed by atoms with Gasteiger partial charge in [0.05, 0.1) is 13.7 Å². The van der Waals surface area contributed by atoms with Crippen molar-refractivity contribution in [3.63, 3.8) is 0 Å². The van der Waals surface area contributed by atoms with Crippen LogP contribution < -0.4 is 10.6 Å². The monoisotopic (exact) mass is 501 g/mol. The van der Waals surface area contributed by atoms with Crippen LogP contribution in [0.1, 0.15) is 19.3 Å². The standard InChI is InChI=1S/C17H23N7O9S/c1-23-10(24(31)32)5-18-14(23)15-21-22-17(34-15)20-9(27)4-2-3-8(26)19-11-13(29)12(28)7(6-25)33-16(11)30/h5,7,11-13,16,25,28-30H,2-4,6H2,1H3,(H,19,26)(H,20,22,27)/t7-,11-,12-,13-,16-/m1/s1. The Hall–Kier alpha value is -3.09. The zero-order valence-corrected chi connectivity index (χ0v) is 18.6. The van der Waals surface area contributed by atoms with E-state index >= 15 is 0 Å². The maximum atomic E-state index is 12.1. The summed E-state index contributed by atoms with van der Waals surface area (Å²) < 4.78 is 6.20. The lowest BCUT2D eigenvalue weighted by molar-refractivity contribution is -0.391. The van der Waals surface area contributed by atoms with Crippen molar-refractivity contribution >= 4 is 34.1 Å². The van der Waals surface area contributed by atoms with Crippen LogP contribution in [0.15, 0.2) is 6.20 Å². The molecule has 3 rings (SSSR count). The number of ether oxygens (including phenoxy) is 1. The molecule has 16 nitrogen and oxygen atoms in total. The highest BCUT2D eigenvalue weighted by Crippen LogP contribution is 2.27. The number of imidazole rings is 1. The number of aliphatic hydroxyl groups is 4. The van der Waals surface area contributed by atoms with Crippen LogP contribution in [0, 0.1) is 10.1 Å². The highest BCUT2D eigenvalue weighted by molar-refractivity contribution is 7.18. The number of anilines is 1. The molecule has 1 aliphatic rings. The lowest BCUT2D eigenvalue weighted by Gasteiger charge is -2.40. The van der Waals surface area contributed by atoms with Crippen molar-refractivity contribution in [2.75, 3.05) is 11.9 Å². The first kappa shape index (κ1) is 25.5. The average Bonchev–Trinajstić information content (AvgIpc) is 3.39. The molecular formula is C17H23N7O9S. The molecule has 0 unspecified atom stereocenters. The van der Waals surface area contributed by atoms with E-state index in [2.05, 4.69) is 25.8 Å². The number of aromatic nitrogens is 4. The van der Waals surface area contributed by atoms with Crippen molar-refractivity contribution in [1.82, 2.24) is 25.1 Å². The topological polar surface area (TPSA) is 235 Å². The summed E-state index contributed by atoms with van der Waals surface area (Å²) in [4.78, 5) is 38.5. The maximum absolute atomic E-state index is 12.1. The summed E-state index contributed by atoms with van der Waals surface area (Å²) in [5.74, 6) is -1.06. The van der Waals surface area contributed by atoms with E-state index in [0.29, 0.717) is 0 Å². The predicted octanol–water partition coefficient (Wildman–Crippen LogP) is -2.13. The van der Waals surface area contributed by atoms with Crippen LogP contribution in [0.25, 0.3) is 10.8 Å². The van der Waals surface area contributed by atoms with Crippen molar-refractivity contribution in [2.24, 2.45) is 7.05 Å². The molecule has 0 aromatic carbocycles. The third-order valence-electron chi connectivity index (χ3n) is 5.05. The number of hydrogen-bond acceptors (Lipinski definition) is 13. The minimum absolute atomic E-state index is 0.0578. The highest BCUT2D eigenvalue weighted by atomic mass is 32.1. The Bertz CT molecular complexity index is 1040. The lowest BCUT2D eigenvalue weighted by atomic mass is 9.97. The van der Waals surface area contributed by atoms with Crippen LogP contribution in [0.3, 0.4) is 0 Å². The molecule has 5 atom stereocenters. The van der Waals surface area contributed by atoms with Gasteiger partial charge in [0.25, 0.3) is 5.82 Å². The molecule has 17 heteroatoms. The number of nitro groups is 1. The number of carbonyl (C=O) groups is 2. The fraction of sp³-hybridized carbons (Fsp3) is 0.588. The maximum Gasteiger partial charge on any atom is 0.342 e. The van der Waals surface area contributed by atoms with E-state index < -0.39 is 54.0 Å². The zero-order valence-electron chi connectivity index (χ0n) is 17.8. The molecule has 1 aliphatic heterocycles. The summed E-state index contributed by atoms with van der Waals surface area (Å²) in [6.07, 6.45) is -4.85. The normalized spacial score (nSPS) is 24.6. The van der Waals surface area contributed by atoms with Crippen molar-refractivity contribution in [2.45, 2.75) is 49.9 Å². The second-order valence-corrected chi connectivity index (χ2v) is 8.37. The second-order valence-electron chi connectivity index (χ2n) is 7.39. The van der Waals surface area contributed by atoms with Gasteiger partial charge < -0.3 is 45.9 Å². The summed E-state index contributed by atoms with van der Waals surface area (Å²) in [6, 6.07) is -1.30. The SMILES string of the molecule is Cn1c([N+](=O)[O-])cnc1-c1nnc(NC(=O)CCCC(=O)N[C@@H]2[C@@H](O)[C@H](O)[C@@H](CO)O[C@H]2O)s1. The Balaban J connectivity index is 1.45. The fourth-order valence-electron chi connectivity index (χ4n) is 3.24. The molecule has 1 saturated heterocycles. The van der Waals surface area contributed by atoms with Crippen LogP contribution in [-0.2, 0) is 21.4 Å². The smallest absolute Gasteiger partial charge is 0.342 e. The van der Waals surface area contributed by atoms with Crippen molar-refractivity contribution in [3.05, 3.63) is 16.3 Å². The van der Waals surface area contributed by atoms with Crippen LogP contribution >= 0.6 is 11.3 Å². The Morgan fingerprint density at radius 2 is 1.94 bits per heavy atom. The van der Waals surface area contributed by atoms with E-state index in [1.807, 2.05) is 0 Å². The van der Waals surface area contributed by atoms with Gasteiger partial charge in [0, 0.05) is 12.8 Å². The summed E-state index contributed by atoms with van der Waals surface area (Å²) in [7, 11) is 1.45. The van der Waals surface area contributed by atoms with E-state index in [1.54, 1.807) is 0 Å². The summed E-state index contributed by atoms with van der Waals surface area (Å²) in [6.45, 7) is -0.622. The first-order chi connectivity index (χ1) is 16.1. The number of nitrogens with one attached hydrogen (secondary N) is 2. The van der Waals surface area contributed by atoms with E-state index in [0.717, 1.165) is 17.5 Å². The molecule has 2 aromatic rings. The van der Waals surface area contributed by atoms with Crippen LogP contribution in [0.5, 0.6) is 0 Å². The minimum atomic E-state index is -1.63. The van der Waals surface area contributed by atoms with Gasteiger partial charge in [-0.2, -0.15) is 0 Å². The Morgan fingerprint density at radius 1 is 1.24 bits per heavy atom. The molecular weight excluding hydrogens is 478 g/mol. The Morgan fingerprint density at radius 3 is 2.59 bits per heavy atom. The zero-order chi connectivity index (χ0) is 25.0. The molecule has 6 N–H and O–H groups in total. The second kappa shape index (κ2) is 10.9. The molecule has 2 amide bonds. The molecule has 0 bridgehead atoms. The van der Waals surface area contributed by atoms with E-state index in [1.165, 1.54) is 11.6 Å². The Labute approximate surface area is 195 Å². The summed E-state index contributed by atoms with van der Waals surface area (Å²) >= 11 is 0.969. The van der Waals surface area contributed by atoms with Gasteiger partial charge in [0.2, 0.25) is 22.0 Å². The number of carbonyl (C=O) groups excluding carboxylic acids is 2. The van der Waals surface area contributed by atoms with E-state index in [9.17, 15) is 35.0 Å². The first-order valence-corrected chi connectivity index (χ1v) is 10.8. The molecule has 34 heavy (non-hydrogen) atoms. The molecule has 0 aliphatic carbocycles. The Kier molecular flexibility index (Phi) is 8.18. The first-order valence-electron chi connectivity index (χ1n) is 10.0. The third kappa shape index (κ3) is 5.69. The van der Waals surface area contributed by atoms with E-state index in [-0.39, 0.29) is 41.0 Å². The van der Waals surface area contributed by atoms with Gasteiger partial charge >= 0.3 is 5.82 Å². The van der Waals surface area contributed by atoms with Gasteiger partial charge in [-0.1, -0.05) is 11.3 Å². The van der Waals surface area contributed by atoms with Crippen molar-refractivity contribution in [3.8, 4) is 10.8 Å². The van der Waals surface area contributed by atoms with Gasteiger partial charge in [0.1, 0.15) is 30.6 Å². The molecule has 3 heterocycles. The quantitative estimate of drug-likeness (QED) is 0.160. The van der Waals surface area contributed by atoms with Crippen LogP contribution in [0.4, 0.5) is 10.9 Å². The van der Waals surface area contributed by atoms with Gasteiger partial charge in [-0.3, -0.25) is 9.59 Å². The largest absolute Gasteiger partial charge is 0.394 e. The highest BCUT2D eigenvalue weighted by Gasteiger charge is 2.44. The van der Waals surface area contributed by atoms with Gasteiger partial charge in [-0.15, -0.1) is 10.2 Å². The number of nitrogens with zero attached hydrogens (tertiary/aromatic N) is 5. The molecule has 2 aromatic heterocycles. The molecule has 0 spiro atoms. The molecule has 0 saturated carbocycles. The van der Waals surface area contributed by atoms with Gasteiger partial charge in [-0.05, 0) is 11.3 Å². The average molecular weight is 501 g/mol. The lowest BCUT2D eigenvalue weighted by Crippen LogP contribution is -2.64. The summed E-state index contributed by atoms with van der Waals surface area (Å²) in [5, 5.41) is 62.7. The van der Waals surface area contributed by atoms with Crippen LogP contribution in [0.2, 0.25) is 0 Å². The number of amides is 2.